The first-order chi connectivity index (χ1) is 67.9. The van der Waals surface area contributed by atoms with Crippen LogP contribution in [-0.2, 0) is 36.9 Å². The van der Waals surface area contributed by atoms with Crippen LogP contribution >= 0.6 is 0 Å². The second-order valence-electron chi connectivity index (χ2n) is 38.6. The van der Waals surface area contributed by atoms with Crippen LogP contribution in [0.4, 0.5) is 0 Å². The molecule has 9 saturated carbocycles. The van der Waals surface area contributed by atoms with Crippen LogP contribution in [-0.4, -0.2) is 93.8 Å². The summed E-state index contributed by atoms with van der Waals surface area (Å²) in [6.07, 6.45) is 28.0. The van der Waals surface area contributed by atoms with E-state index in [2.05, 4.69) is 74.7 Å². The lowest BCUT2D eigenvalue weighted by Crippen LogP contribution is -2.55. The molecule has 9 aliphatic rings. The van der Waals surface area contributed by atoms with E-state index in [-0.39, 0.29) is 77.1 Å². The van der Waals surface area contributed by atoms with Crippen molar-refractivity contribution < 1.29 is 89.1 Å². The Hall–Kier alpha value is -15.3. The Labute approximate surface area is 824 Å². The number of carbonyl (C=O) groups is 1. The first-order valence-electron chi connectivity index (χ1n) is 48.0. The highest BCUT2D eigenvalue weighted by molar-refractivity contribution is 7.91. The van der Waals surface area contributed by atoms with Crippen LogP contribution in [0.5, 0.6) is 86.2 Å². The smallest absolute Gasteiger partial charge is 0.206 e. The van der Waals surface area contributed by atoms with Crippen LogP contribution in [0.15, 0.2) is 381 Å². The van der Waals surface area contributed by atoms with Gasteiger partial charge in [-0.15, -0.1) is 0 Å². The van der Waals surface area contributed by atoms with E-state index < -0.39 is 9.84 Å². The van der Waals surface area contributed by atoms with Crippen molar-refractivity contribution in [3.63, 3.8) is 0 Å². The van der Waals surface area contributed by atoms with Crippen molar-refractivity contribution in [2.45, 2.75) is 153 Å². The third-order valence-electron chi connectivity index (χ3n) is 28.8. The summed E-state index contributed by atoms with van der Waals surface area (Å²) in [6, 6.07) is 99.8. The van der Waals surface area contributed by atoms with E-state index in [1.54, 1.807) is 152 Å². The summed E-state index contributed by atoms with van der Waals surface area (Å²) < 4.78 is 35.8. The quantitative estimate of drug-likeness (QED) is 0.0174. The standard InChI is InChI=1S/2C22H24O2.C18H18O4S.C18H20O2.C15H12O3.C11H10O.C10H8O2.C6H6O2/c2*23-19-5-1-17(2-6-19)21-10-15-9-16(11-21)13-22(12-15,14-21)18-3-7-20(24)8-4-18;1-3-13-21-15-5-9-17(10-6-15)23(19,20)18-11-7-16(8-12-18)22-14-4-2;19-16-8-4-14(5-9-16)18(12-2-1-3-13-18)15-6-10-17(20)11-7-15;16-13-6-1-11(2-7-13)3-10-15(18)12-4-8-14(17)9-5-12;1-8-2-3-10-7-11(12)5-4-9(10)6-8;11-9-5-1-3-7-8(9)4-2-6-10(7)12;7-5-1-2-6(8)4-3-5/h2*1-8,15-16,23-24H,9-14H2;3-12H,1-2,13-14H2;4-11,19-20H,1-3,12-13H2;1-10,16-17H;2-7,12H,1H3;1-6,11-12H;1-4,7-8H/b;;;;10-3+;;;. The van der Waals surface area contributed by atoms with E-state index in [0.717, 1.165) is 47.5 Å². The second kappa shape index (κ2) is 44.6. The highest BCUT2D eigenvalue weighted by Crippen LogP contribution is 2.68. The molecular weight excluding hydrogens is 1790 g/mol. The van der Waals surface area contributed by atoms with E-state index >= 15 is 0 Å². The average molecular weight is 1910 g/mol. The average Bonchev–Trinajstić information content (AvgIpc) is 0.707. The van der Waals surface area contributed by atoms with Crippen LogP contribution in [0.1, 0.15) is 164 Å². The van der Waals surface area contributed by atoms with Crippen LogP contribution in [0.2, 0.25) is 0 Å². The molecule has 15 aromatic carbocycles. The Kier molecular flexibility index (Phi) is 31.7. The summed E-state index contributed by atoms with van der Waals surface area (Å²) in [4.78, 5) is 12.2. The zero-order chi connectivity index (χ0) is 99.5. The molecule has 0 aromatic heterocycles. The summed E-state index contributed by atoms with van der Waals surface area (Å²) >= 11 is 0. The van der Waals surface area contributed by atoms with Crippen molar-refractivity contribution in [3.05, 3.63) is 421 Å². The molecule has 0 unspecified atom stereocenters. The van der Waals surface area contributed by atoms with Gasteiger partial charge in [0, 0.05) is 21.8 Å². The fourth-order valence-electron chi connectivity index (χ4n) is 23.0. The number of rotatable bonds is 17. The van der Waals surface area contributed by atoms with Crippen molar-refractivity contribution in [3.8, 4) is 86.2 Å². The number of hydrogen-bond donors (Lipinski definition) is 13. The number of benzene rings is 15. The molecular formula is C122H122O18S. The number of aromatic hydroxyl groups is 13. The fraction of sp³-hybridized carbons (Fsp3) is 0.238. The largest absolute Gasteiger partial charge is 0.508 e. The Morgan fingerprint density at radius 2 is 0.624 bits per heavy atom. The number of phenols is 13. The van der Waals surface area contributed by atoms with Gasteiger partial charge in [-0.2, -0.15) is 0 Å². The molecule has 9 aliphatic carbocycles. The molecule has 8 bridgehead atoms. The zero-order valence-electron chi connectivity index (χ0n) is 79.1. The summed E-state index contributed by atoms with van der Waals surface area (Å²) in [7, 11) is -3.56. The maximum absolute atomic E-state index is 12.6. The highest BCUT2D eigenvalue weighted by atomic mass is 32.2. The van der Waals surface area contributed by atoms with Gasteiger partial charge >= 0.3 is 0 Å². The van der Waals surface area contributed by atoms with E-state index in [1.807, 2.05) is 91.0 Å². The van der Waals surface area contributed by atoms with E-state index in [4.69, 9.17) is 29.9 Å². The molecule has 0 saturated heterocycles. The SMILES string of the molecule is C=CCOc1ccc(S(=O)(=O)c2ccc(OCC=C)cc2)cc1.Cc1ccc2cc(O)ccc2c1.O=C(/C=C/c1ccc(O)cc1)c1ccc(O)cc1.Oc1ccc(C2(c3ccc(O)cc3)CCCCC2)cc1.Oc1ccc(C23CC4CC(C2)CC(c2ccc(O)cc2)(C4)C3)cc1.Oc1ccc(C23CC4CC(C2)CC(c2ccc(O)cc2)(C4)C3)cc1.Oc1ccc(O)cc1.Oc1cccc2c(O)cccc12. The molecule has 0 atom stereocenters. The molecule has 0 amide bonds. The summed E-state index contributed by atoms with van der Waals surface area (Å²) in [5.74, 6) is 7.75. The minimum Gasteiger partial charge on any atom is -0.508 e. The van der Waals surface area contributed by atoms with Crippen LogP contribution in [0, 0.1) is 30.6 Å². The predicted octanol–water partition coefficient (Wildman–Crippen LogP) is 27.0. The van der Waals surface area contributed by atoms with Gasteiger partial charge < -0.3 is 75.9 Å². The lowest BCUT2D eigenvalue weighted by atomic mass is 9.42. The van der Waals surface area contributed by atoms with E-state index in [1.165, 1.54) is 207 Å². The van der Waals surface area contributed by atoms with Crippen LogP contribution < -0.4 is 9.47 Å². The normalized spacial score (nSPS) is 20.5. The Balaban J connectivity index is 0.000000124. The number of hydrogen-bond acceptors (Lipinski definition) is 18. The Morgan fingerprint density at radius 1 is 0.333 bits per heavy atom. The Bertz CT molecular complexity index is 6360. The number of ketones is 1. The maximum Gasteiger partial charge on any atom is 0.206 e. The van der Waals surface area contributed by atoms with Crippen LogP contribution in [0.3, 0.4) is 0 Å². The van der Waals surface area contributed by atoms with Crippen molar-refractivity contribution in [1.29, 1.82) is 0 Å². The third-order valence-corrected chi connectivity index (χ3v) is 30.6. The van der Waals surface area contributed by atoms with Gasteiger partial charge in [0.1, 0.15) is 99.5 Å². The topological polar surface area (TPSA) is 333 Å². The van der Waals surface area contributed by atoms with Crippen molar-refractivity contribution >= 4 is 43.2 Å². The number of allylic oxidation sites excluding steroid dienone is 1. The molecule has 15 aromatic rings. The van der Waals surface area contributed by atoms with Gasteiger partial charge in [0.05, 0.1) is 9.79 Å². The number of carbonyl (C=O) groups excluding carboxylic acids is 1. The minimum absolute atomic E-state index is 0.0274. The maximum atomic E-state index is 12.6. The van der Waals surface area contributed by atoms with E-state index in [0.29, 0.717) is 81.3 Å². The minimum atomic E-state index is -3.56. The monoisotopic (exact) mass is 1910 g/mol. The number of sulfone groups is 1. The lowest BCUT2D eigenvalue weighted by Gasteiger charge is -2.62. The van der Waals surface area contributed by atoms with Gasteiger partial charge in [-0.1, -0.05) is 190 Å². The van der Waals surface area contributed by atoms with Crippen molar-refractivity contribution in [1.82, 2.24) is 0 Å². The molecule has 0 heterocycles. The van der Waals surface area contributed by atoms with Crippen molar-refractivity contribution in [2.75, 3.05) is 13.2 Å². The molecule has 19 heteroatoms. The van der Waals surface area contributed by atoms with Gasteiger partial charge in [-0.05, 0) is 404 Å². The molecule has 0 radical (unpaired) electrons. The van der Waals surface area contributed by atoms with Gasteiger partial charge in [-0.3, -0.25) is 4.79 Å². The number of aryl methyl sites for hydroxylation is 1. The van der Waals surface area contributed by atoms with Gasteiger partial charge in [0.2, 0.25) is 9.84 Å². The molecule has 724 valence electrons. The van der Waals surface area contributed by atoms with Gasteiger partial charge in [0.15, 0.2) is 5.78 Å². The number of phenolic OH excluding ortho intramolecular Hbond substituents is 13. The summed E-state index contributed by atoms with van der Waals surface area (Å²) in [5, 5.41) is 125. The zero-order valence-corrected chi connectivity index (χ0v) is 79.9. The Morgan fingerprint density at radius 3 is 0.957 bits per heavy atom. The molecule has 0 aliphatic heterocycles. The molecule has 141 heavy (non-hydrogen) atoms. The number of ether oxygens (including phenoxy) is 2. The second-order valence-corrected chi connectivity index (χ2v) is 40.6. The lowest BCUT2D eigenvalue weighted by molar-refractivity contribution is -0.0283. The predicted molar refractivity (Wildman–Crippen MR) is 555 cm³/mol. The summed E-state index contributed by atoms with van der Waals surface area (Å²) in [6.45, 7) is 9.93. The first kappa shape index (κ1) is 100. The third kappa shape index (κ3) is 24.7. The molecule has 24 rings (SSSR count). The molecule has 18 nitrogen and oxygen atoms in total. The van der Waals surface area contributed by atoms with Crippen LogP contribution in [0.25, 0.3) is 27.6 Å². The van der Waals surface area contributed by atoms with E-state index in [9.17, 15) is 59.2 Å². The van der Waals surface area contributed by atoms with Gasteiger partial charge in [-0.25, -0.2) is 8.42 Å². The van der Waals surface area contributed by atoms with Gasteiger partial charge in [0.25, 0.3) is 0 Å². The summed E-state index contributed by atoms with van der Waals surface area (Å²) in [5.41, 5.74) is 11.9. The molecule has 13 N–H and O–H groups in total. The fourth-order valence-corrected chi connectivity index (χ4v) is 24.3. The molecule has 9 fully saturated rings. The molecule has 0 spiro atoms. The number of fused-ring (bicyclic) bond motifs is 2. The first-order valence-corrected chi connectivity index (χ1v) is 49.5. The highest BCUT2D eigenvalue weighted by Gasteiger charge is 2.60. The van der Waals surface area contributed by atoms with Crippen molar-refractivity contribution in [2.24, 2.45) is 23.7 Å².